The van der Waals surface area contributed by atoms with Crippen LogP contribution in [0.1, 0.15) is 64.2 Å². The zero-order chi connectivity index (χ0) is 20.9. The van der Waals surface area contributed by atoms with Gasteiger partial charge >= 0.3 is 0 Å². The predicted molar refractivity (Wildman–Crippen MR) is 117 cm³/mol. The Balaban J connectivity index is 2.23. The molecule has 0 bridgehead atoms. The molecule has 1 aromatic carbocycles. The van der Waals surface area contributed by atoms with Crippen LogP contribution in [0.3, 0.4) is 0 Å². The Labute approximate surface area is 170 Å². The molecular weight excluding hydrogens is 346 g/mol. The fraction of sp³-hybridized carbons (Fsp3) is 0.440. The summed E-state index contributed by atoms with van der Waals surface area (Å²) in [6.07, 6.45) is 3.68. The SMILES string of the molecule is CC(C)=CC(O)(C=C(C)C)c1ccc(CN(Cc2ccc(C)cc2)C(C)C)o1. The zero-order valence-electron chi connectivity index (χ0n) is 18.4. The summed E-state index contributed by atoms with van der Waals surface area (Å²) in [5.41, 5.74) is 3.43. The van der Waals surface area contributed by atoms with E-state index in [2.05, 4.69) is 49.9 Å². The summed E-state index contributed by atoms with van der Waals surface area (Å²) in [7, 11) is 0. The maximum atomic E-state index is 11.2. The van der Waals surface area contributed by atoms with Crippen LogP contribution < -0.4 is 0 Å². The first-order valence-corrected chi connectivity index (χ1v) is 10.0. The zero-order valence-corrected chi connectivity index (χ0v) is 18.4. The summed E-state index contributed by atoms with van der Waals surface area (Å²) in [4.78, 5) is 2.37. The lowest BCUT2D eigenvalue weighted by Crippen LogP contribution is -2.29. The first kappa shape index (κ1) is 22.2. The Morgan fingerprint density at radius 1 is 0.964 bits per heavy atom. The third-order valence-electron chi connectivity index (χ3n) is 4.67. The van der Waals surface area contributed by atoms with Gasteiger partial charge in [-0.3, -0.25) is 4.90 Å². The van der Waals surface area contributed by atoms with Gasteiger partial charge in [-0.05, 0) is 78.3 Å². The maximum absolute atomic E-state index is 11.2. The lowest BCUT2D eigenvalue weighted by molar-refractivity contribution is 0.108. The molecule has 2 aromatic rings. The minimum absolute atomic E-state index is 0.379. The van der Waals surface area contributed by atoms with Crippen LogP contribution in [-0.4, -0.2) is 16.0 Å². The molecule has 0 saturated carbocycles. The van der Waals surface area contributed by atoms with Gasteiger partial charge < -0.3 is 9.52 Å². The van der Waals surface area contributed by atoms with Crippen molar-refractivity contribution in [1.29, 1.82) is 0 Å². The molecular formula is C25H35NO2. The molecule has 0 spiro atoms. The van der Waals surface area contributed by atoms with Crippen molar-refractivity contribution < 1.29 is 9.52 Å². The van der Waals surface area contributed by atoms with Crippen LogP contribution >= 0.6 is 0 Å². The summed E-state index contributed by atoms with van der Waals surface area (Å²) in [6, 6.07) is 12.9. The monoisotopic (exact) mass is 381 g/mol. The van der Waals surface area contributed by atoms with E-state index in [9.17, 15) is 5.11 Å². The maximum Gasteiger partial charge on any atom is 0.159 e. The smallest absolute Gasteiger partial charge is 0.159 e. The molecule has 28 heavy (non-hydrogen) atoms. The quantitative estimate of drug-likeness (QED) is 0.560. The third-order valence-corrected chi connectivity index (χ3v) is 4.67. The van der Waals surface area contributed by atoms with Gasteiger partial charge in [0.05, 0.1) is 6.54 Å². The lowest BCUT2D eigenvalue weighted by Gasteiger charge is -2.26. The van der Waals surface area contributed by atoms with Gasteiger partial charge in [0.2, 0.25) is 0 Å². The van der Waals surface area contributed by atoms with Gasteiger partial charge in [0.1, 0.15) is 11.5 Å². The molecule has 0 atom stereocenters. The molecule has 1 aromatic heterocycles. The van der Waals surface area contributed by atoms with Crippen LogP contribution in [0.2, 0.25) is 0 Å². The van der Waals surface area contributed by atoms with Gasteiger partial charge in [0.15, 0.2) is 5.60 Å². The van der Waals surface area contributed by atoms with Crippen molar-refractivity contribution in [2.75, 3.05) is 0 Å². The van der Waals surface area contributed by atoms with E-state index in [0.717, 1.165) is 23.5 Å². The van der Waals surface area contributed by atoms with Gasteiger partial charge in [0.25, 0.3) is 0 Å². The van der Waals surface area contributed by atoms with Crippen LogP contribution in [-0.2, 0) is 18.7 Å². The molecule has 0 radical (unpaired) electrons. The Hall–Kier alpha value is -2.10. The van der Waals surface area contributed by atoms with Gasteiger partial charge in [-0.25, -0.2) is 0 Å². The van der Waals surface area contributed by atoms with E-state index in [1.54, 1.807) is 0 Å². The summed E-state index contributed by atoms with van der Waals surface area (Å²) < 4.78 is 6.11. The Kier molecular flexibility index (Phi) is 7.45. The largest absolute Gasteiger partial charge is 0.461 e. The Morgan fingerprint density at radius 2 is 1.54 bits per heavy atom. The second kappa shape index (κ2) is 9.40. The van der Waals surface area contributed by atoms with Gasteiger partial charge in [0, 0.05) is 12.6 Å². The molecule has 3 heteroatoms. The number of furan rings is 1. The van der Waals surface area contributed by atoms with Crippen LogP contribution in [0.15, 0.2) is 64.1 Å². The van der Waals surface area contributed by atoms with Gasteiger partial charge in [-0.1, -0.05) is 41.0 Å². The average Bonchev–Trinajstić information content (AvgIpc) is 3.04. The number of hydrogen-bond donors (Lipinski definition) is 1. The highest BCUT2D eigenvalue weighted by Crippen LogP contribution is 2.30. The van der Waals surface area contributed by atoms with Gasteiger partial charge in [-0.2, -0.15) is 0 Å². The van der Waals surface area contributed by atoms with Crippen LogP contribution in [0, 0.1) is 6.92 Å². The number of rotatable bonds is 8. The third kappa shape index (κ3) is 6.22. The van der Waals surface area contributed by atoms with Gasteiger partial charge in [-0.15, -0.1) is 0 Å². The lowest BCUT2D eigenvalue weighted by atomic mass is 9.95. The number of benzene rings is 1. The molecule has 1 N–H and O–H groups in total. The second-order valence-corrected chi connectivity index (χ2v) is 8.52. The molecule has 0 saturated heterocycles. The van der Waals surface area contributed by atoms with E-state index >= 15 is 0 Å². The van der Waals surface area contributed by atoms with Crippen molar-refractivity contribution in [1.82, 2.24) is 4.90 Å². The molecule has 0 aliphatic heterocycles. The standard InChI is InChI=1S/C25H35NO2/c1-18(2)14-25(27,15-19(3)4)24-13-12-23(28-24)17-26(20(5)6)16-22-10-8-21(7)9-11-22/h8-15,20,27H,16-17H2,1-7H3. The molecule has 0 fully saturated rings. The molecule has 0 aliphatic carbocycles. The number of hydrogen-bond acceptors (Lipinski definition) is 3. The summed E-state index contributed by atoms with van der Waals surface area (Å²) >= 11 is 0. The van der Waals surface area contributed by atoms with Crippen molar-refractivity contribution in [3.05, 3.63) is 82.3 Å². The summed E-state index contributed by atoms with van der Waals surface area (Å²) in [5.74, 6) is 1.42. The van der Waals surface area contributed by atoms with Crippen molar-refractivity contribution in [3.63, 3.8) is 0 Å². The van der Waals surface area contributed by atoms with Crippen molar-refractivity contribution in [2.45, 2.75) is 73.2 Å². The molecule has 0 aliphatic rings. The van der Waals surface area contributed by atoms with Crippen LogP contribution in [0.25, 0.3) is 0 Å². The Bertz CT molecular complexity index is 798. The second-order valence-electron chi connectivity index (χ2n) is 8.52. The Morgan fingerprint density at radius 3 is 2.04 bits per heavy atom. The van der Waals surface area contributed by atoms with Crippen molar-refractivity contribution >= 4 is 0 Å². The first-order chi connectivity index (χ1) is 13.1. The fourth-order valence-corrected chi connectivity index (χ4v) is 3.29. The highest BCUT2D eigenvalue weighted by molar-refractivity contribution is 5.30. The van der Waals surface area contributed by atoms with Crippen molar-refractivity contribution in [3.8, 4) is 0 Å². The van der Waals surface area contributed by atoms with E-state index in [0.29, 0.717) is 18.3 Å². The minimum atomic E-state index is -1.21. The van der Waals surface area contributed by atoms with Crippen LogP contribution in [0.4, 0.5) is 0 Å². The number of allylic oxidation sites excluding steroid dienone is 2. The number of aryl methyl sites for hydroxylation is 1. The highest BCUT2D eigenvalue weighted by atomic mass is 16.4. The van der Waals surface area contributed by atoms with Crippen molar-refractivity contribution in [2.24, 2.45) is 0 Å². The van der Waals surface area contributed by atoms with E-state index in [1.165, 1.54) is 11.1 Å². The summed E-state index contributed by atoms with van der Waals surface area (Å²) in [6.45, 7) is 16.0. The molecule has 0 unspecified atom stereocenters. The van der Waals surface area contributed by atoms with E-state index in [4.69, 9.17) is 4.42 Å². The highest BCUT2D eigenvalue weighted by Gasteiger charge is 2.28. The predicted octanol–water partition coefficient (Wildman–Crippen LogP) is 6.12. The minimum Gasteiger partial charge on any atom is -0.461 e. The van der Waals surface area contributed by atoms with Crippen LogP contribution in [0.5, 0.6) is 0 Å². The number of aliphatic hydroxyl groups is 1. The van der Waals surface area contributed by atoms with E-state index in [-0.39, 0.29) is 0 Å². The normalized spacial score (nSPS) is 11.8. The molecule has 0 amide bonds. The van der Waals surface area contributed by atoms with E-state index < -0.39 is 5.60 Å². The fourth-order valence-electron chi connectivity index (χ4n) is 3.29. The van der Waals surface area contributed by atoms with E-state index in [1.807, 2.05) is 52.0 Å². The topological polar surface area (TPSA) is 36.6 Å². The number of nitrogens with zero attached hydrogens (tertiary/aromatic N) is 1. The molecule has 1 heterocycles. The molecule has 3 nitrogen and oxygen atoms in total. The molecule has 2 rings (SSSR count). The summed E-state index contributed by atoms with van der Waals surface area (Å²) in [5, 5.41) is 11.2. The molecule has 152 valence electrons. The first-order valence-electron chi connectivity index (χ1n) is 10.0. The average molecular weight is 382 g/mol.